The summed E-state index contributed by atoms with van der Waals surface area (Å²) in [6, 6.07) is 12.1. The topological polar surface area (TPSA) is 0 Å². The number of halogens is 6. The van der Waals surface area contributed by atoms with Crippen LogP contribution in [0.3, 0.4) is 0 Å². The van der Waals surface area contributed by atoms with Crippen LogP contribution in [0, 0.1) is 13.8 Å². The van der Waals surface area contributed by atoms with Gasteiger partial charge in [0, 0.05) is 52.2 Å². The quantitative estimate of drug-likeness (QED) is 0.177. The van der Waals surface area contributed by atoms with Gasteiger partial charge in [0.05, 0.1) is 11.1 Å². The fraction of sp³-hybridized carbons (Fsp3) is 0.133. The Morgan fingerprint density at radius 2 is 0.974 bits per heavy atom. The van der Waals surface area contributed by atoms with E-state index in [1.807, 2.05) is 22.9 Å². The highest BCUT2D eigenvalue weighted by molar-refractivity contribution is 7.17. The van der Waals surface area contributed by atoms with Crippen LogP contribution in [0.5, 0.6) is 0 Å². The SMILES string of the molecule is Cc1cc(C2=c3sc4c(c3-c3sccc32)-c2sccc2C=4c2cc(C)cc(C(F)(F)F)c2)cc(C(F)(F)F)c1. The minimum Gasteiger partial charge on any atom is -0.166 e. The van der Waals surface area contributed by atoms with Crippen LogP contribution in [-0.2, 0) is 12.4 Å². The third-order valence-corrected chi connectivity index (χ3v) is 10.2. The molecule has 2 aromatic carbocycles. The molecule has 7 rings (SSSR count). The summed E-state index contributed by atoms with van der Waals surface area (Å²) in [5.74, 6) is 0. The lowest BCUT2D eigenvalue weighted by molar-refractivity contribution is -0.138. The summed E-state index contributed by atoms with van der Waals surface area (Å²) in [6.07, 6.45) is -8.96. The van der Waals surface area contributed by atoms with Crippen molar-refractivity contribution >= 4 is 45.2 Å². The van der Waals surface area contributed by atoms with E-state index in [1.165, 1.54) is 46.1 Å². The second-order valence-corrected chi connectivity index (χ2v) is 12.6. The first-order valence-electron chi connectivity index (χ1n) is 11.9. The molecule has 0 saturated carbocycles. The van der Waals surface area contributed by atoms with E-state index in [0.29, 0.717) is 22.3 Å². The maximum absolute atomic E-state index is 13.7. The number of benzene rings is 2. The summed E-state index contributed by atoms with van der Waals surface area (Å²) in [7, 11) is 0. The van der Waals surface area contributed by atoms with Gasteiger partial charge >= 0.3 is 12.4 Å². The molecule has 196 valence electrons. The van der Waals surface area contributed by atoms with Crippen LogP contribution in [0.4, 0.5) is 26.3 Å². The summed E-state index contributed by atoms with van der Waals surface area (Å²) in [5, 5.41) is 3.87. The Kier molecular flexibility index (Phi) is 5.22. The van der Waals surface area contributed by atoms with E-state index >= 15 is 0 Å². The standard InChI is InChI=1S/C30H16F6S3/c1-13-7-15(11-17(9-13)29(31,32)33)21-19-3-5-37-25(19)23-24-26-20(4-6-38-26)22(28(24)39-27(21)23)16-8-14(2)10-18(12-16)30(34,35)36/h3-12H,1-2H3. The summed E-state index contributed by atoms with van der Waals surface area (Å²) >= 11 is 4.52. The Hall–Kier alpha value is -3.14. The van der Waals surface area contributed by atoms with E-state index in [-0.39, 0.29) is 0 Å². The van der Waals surface area contributed by atoms with E-state index in [0.717, 1.165) is 64.4 Å². The molecule has 0 amide bonds. The molecule has 0 radical (unpaired) electrons. The third-order valence-electron chi connectivity index (χ3n) is 7.07. The molecule has 0 bridgehead atoms. The van der Waals surface area contributed by atoms with E-state index in [2.05, 4.69) is 0 Å². The van der Waals surface area contributed by atoms with Gasteiger partial charge in [-0.1, -0.05) is 12.1 Å². The first kappa shape index (κ1) is 24.9. The molecule has 2 aliphatic carbocycles. The number of hydrogen-bond acceptors (Lipinski definition) is 3. The van der Waals surface area contributed by atoms with E-state index < -0.39 is 23.5 Å². The predicted octanol–water partition coefficient (Wildman–Crippen LogP) is 8.98. The van der Waals surface area contributed by atoms with Gasteiger partial charge in [-0.15, -0.1) is 34.0 Å². The Morgan fingerprint density at radius 1 is 0.564 bits per heavy atom. The summed E-state index contributed by atoms with van der Waals surface area (Å²) in [4.78, 5) is 1.96. The minimum atomic E-state index is -4.48. The third kappa shape index (κ3) is 3.70. The van der Waals surface area contributed by atoms with Gasteiger partial charge < -0.3 is 0 Å². The second kappa shape index (κ2) is 8.19. The zero-order valence-electron chi connectivity index (χ0n) is 20.3. The van der Waals surface area contributed by atoms with Crippen LogP contribution >= 0.6 is 34.0 Å². The fourth-order valence-corrected chi connectivity index (χ4v) is 9.14. The minimum absolute atomic E-state index is 0.489. The van der Waals surface area contributed by atoms with Gasteiger partial charge in [-0.05, 0) is 83.3 Å². The summed E-state index contributed by atoms with van der Waals surface area (Å²) in [5.41, 5.74) is 5.79. The molecule has 0 N–H and O–H groups in total. The molecule has 2 aliphatic rings. The van der Waals surface area contributed by atoms with Gasteiger partial charge in [0.2, 0.25) is 0 Å². The van der Waals surface area contributed by atoms with Gasteiger partial charge in [-0.3, -0.25) is 0 Å². The van der Waals surface area contributed by atoms with Crippen molar-refractivity contribution in [3.63, 3.8) is 0 Å². The van der Waals surface area contributed by atoms with Gasteiger partial charge in [-0.2, -0.15) is 26.3 Å². The molecule has 5 aromatic rings. The average Bonchev–Trinajstić information content (AvgIpc) is 3.61. The predicted molar refractivity (Wildman–Crippen MR) is 146 cm³/mol. The molecule has 0 fully saturated rings. The summed E-state index contributed by atoms with van der Waals surface area (Å²) in [6.45, 7) is 3.30. The van der Waals surface area contributed by atoms with E-state index in [4.69, 9.17) is 0 Å². The molecule has 3 heterocycles. The monoisotopic (exact) mass is 586 g/mol. The first-order chi connectivity index (χ1) is 18.4. The number of alkyl halides is 6. The molecule has 0 spiro atoms. The molecular formula is C30H16F6S3. The molecule has 0 saturated heterocycles. The van der Waals surface area contributed by atoms with Gasteiger partial charge in [-0.25, -0.2) is 0 Å². The zero-order valence-corrected chi connectivity index (χ0v) is 22.7. The lowest BCUT2D eigenvalue weighted by Crippen LogP contribution is -2.09. The molecule has 9 heteroatoms. The molecule has 39 heavy (non-hydrogen) atoms. The van der Waals surface area contributed by atoms with Crippen molar-refractivity contribution in [3.05, 3.63) is 113 Å². The highest BCUT2D eigenvalue weighted by Gasteiger charge is 2.37. The number of thiophene rings is 3. The second-order valence-electron chi connectivity index (χ2n) is 9.76. The fourth-order valence-electron chi connectivity index (χ4n) is 5.62. The van der Waals surface area contributed by atoms with Gasteiger partial charge in [0.15, 0.2) is 0 Å². The molecule has 0 unspecified atom stereocenters. The number of rotatable bonds is 2. The maximum Gasteiger partial charge on any atom is 0.416 e. The average molecular weight is 587 g/mol. The number of aryl methyl sites for hydroxylation is 2. The van der Waals surface area contributed by atoms with Crippen molar-refractivity contribution in [1.82, 2.24) is 0 Å². The summed E-state index contributed by atoms with van der Waals surface area (Å²) < 4.78 is 84.1. The Labute approximate surface area is 230 Å². The van der Waals surface area contributed by atoms with Crippen molar-refractivity contribution < 1.29 is 26.3 Å². The number of hydrogen-bond donors (Lipinski definition) is 0. The van der Waals surface area contributed by atoms with Crippen molar-refractivity contribution in [2.75, 3.05) is 0 Å². The van der Waals surface area contributed by atoms with Crippen molar-refractivity contribution in [1.29, 1.82) is 0 Å². The van der Waals surface area contributed by atoms with Crippen LogP contribution < -0.4 is 9.06 Å². The van der Waals surface area contributed by atoms with Gasteiger partial charge in [0.25, 0.3) is 0 Å². The Bertz CT molecular complexity index is 1820. The van der Waals surface area contributed by atoms with Crippen LogP contribution in [0.1, 0.15) is 44.5 Å². The maximum atomic E-state index is 13.7. The largest absolute Gasteiger partial charge is 0.416 e. The van der Waals surface area contributed by atoms with Crippen LogP contribution in [-0.4, -0.2) is 0 Å². The van der Waals surface area contributed by atoms with Crippen molar-refractivity contribution in [3.8, 4) is 20.9 Å². The smallest absolute Gasteiger partial charge is 0.166 e. The lowest BCUT2D eigenvalue weighted by Gasteiger charge is -2.12. The van der Waals surface area contributed by atoms with Crippen molar-refractivity contribution in [2.24, 2.45) is 0 Å². The zero-order chi connectivity index (χ0) is 27.4. The van der Waals surface area contributed by atoms with E-state index in [1.54, 1.807) is 26.0 Å². The Balaban J connectivity index is 1.59. The molecule has 3 aromatic heterocycles. The lowest BCUT2D eigenvalue weighted by atomic mass is 9.97. The van der Waals surface area contributed by atoms with Crippen LogP contribution in [0.25, 0.3) is 32.0 Å². The highest BCUT2D eigenvalue weighted by Crippen LogP contribution is 2.50. The molecular weight excluding hydrogens is 571 g/mol. The van der Waals surface area contributed by atoms with Crippen molar-refractivity contribution in [2.45, 2.75) is 26.2 Å². The van der Waals surface area contributed by atoms with E-state index in [9.17, 15) is 26.3 Å². The number of fused-ring (bicyclic) bond motifs is 7. The highest BCUT2D eigenvalue weighted by atomic mass is 32.1. The molecule has 0 atom stereocenters. The molecule has 0 aliphatic heterocycles. The normalized spacial score (nSPS) is 14.1. The van der Waals surface area contributed by atoms with Crippen LogP contribution in [0.2, 0.25) is 0 Å². The Morgan fingerprint density at radius 3 is 1.36 bits per heavy atom. The van der Waals surface area contributed by atoms with Gasteiger partial charge in [0.1, 0.15) is 0 Å². The van der Waals surface area contributed by atoms with Crippen LogP contribution in [0.15, 0.2) is 59.3 Å². The first-order valence-corrected chi connectivity index (χ1v) is 14.5. The molecule has 0 nitrogen and oxygen atoms in total.